The van der Waals surface area contributed by atoms with E-state index in [-0.39, 0.29) is 12.2 Å². The lowest BCUT2D eigenvalue weighted by atomic mass is 9.61. The first-order chi connectivity index (χ1) is 8.93. The average Bonchev–Trinajstić information content (AvgIpc) is 2.34. The third-order valence-electron chi connectivity index (χ3n) is 6.23. The van der Waals surface area contributed by atoms with Crippen LogP contribution >= 0.6 is 0 Å². The van der Waals surface area contributed by atoms with Crippen LogP contribution in [0.2, 0.25) is 0 Å². The zero-order valence-electron chi connectivity index (χ0n) is 13.0. The van der Waals surface area contributed by atoms with Crippen LogP contribution in [0.25, 0.3) is 0 Å². The average molecular weight is 268 g/mol. The Kier molecular flexibility index (Phi) is 4.94. The minimum absolute atomic E-state index is 0.147. The molecule has 112 valence electrons. The van der Waals surface area contributed by atoms with Crippen molar-refractivity contribution in [2.45, 2.75) is 72.0 Å². The first-order valence-electron chi connectivity index (χ1n) is 8.30. The molecule has 19 heavy (non-hydrogen) atoms. The van der Waals surface area contributed by atoms with Crippen LogP contribution in [0.1, 0.15) is 59.8 Å². The standard InChI is InChI=1S/C17H32O2/c1-5-13-6-11(3)17(16(19)8-13)14-7-10(2)12(4)15(18)9-14/h10-19H,5-9H2,1-4H3. The van der Waals surface area contributed by atoms with E-state index < -0.39 is 0 Å². The van der Waals surface area contributed by atoms with Crippen LogP contribution in [-0.4, -0.2) is 22.4 Å². The lowest BCUT2D eigenvalue weighted by Crippen LogP contribution is -2.45. The van der Waals surface area contributed by atoms with Gasteiger partial charge in [0.2, 0.25) is 0 Å². The van der Waals surface area contributed by atoms with E-state index in [0.717, 1.165) is 12.8 Å². The molecule has 2 nitrogen and oxygen atoms in total. The molecule has 0 radical (unpaired) electrons. The SMILES string of the molecule is CCC1CC(C)C(C2CC(C)C(C)C(O)C2)C(O)C1. The molecule has 0 bridgehead atoms. The molecule has 0 amide bonds. The van der Waals surface area contributed by atoms with Crippen LogP contribution in [0.15, 0.2) is 0 Å². The van der Waals surface area contributed by atoms with Gasteiger partial charge in [-0.25, -0.2) is 0 Å². The Labute approximate surface area is 118 Å². The van der Waals surface area contributed by atoms with Crippen molar-refractivity contribution < 1.29 is 10.2 Å². The molecule has 0 aromatic heterocycles. The summed E-state index contributed by atoms with van der Waals surface area (Å²) in [6.07, 6.45) is 5.18. The molecule has 2 fully saturated rings. The Morgan fingerprint density at radius 1 is 0.842 bits per heavy atom. The molecule has 0 saturated heterocycles. The molecule has 2 aliphatic carbocycles. The summed E-state index contributed by atoms with van der Waals surface area (Å²) in [6, 6.07) is 0. The molecule has 2 saturated carbocycles. The molecular weight excluding hydrogens is 236 g/mol. The topological polar surface area (TPSA) is 40.5 Å². The van der Waals surface area contributed by atoms with Gasteiger partial charge in [-0.3, -0.25) is 0 Å². The zero-order chi connectivity index (χ0) is 14.2. The van der Waals surface area contributed by atoms with Crippen molar-refractivity contribution >= 4 is 0 Å². The van der Waals surface area contributed by atoms with E-state index in [0.29, 0.717) is 35.5 Å². The van der Waals surface area contributed by atoms with Crippen molar-refractivity contribution in [1.82, 2.24) is 0 Å². The summed E-state index contributed by atoms with van der Waals surface area (Å²) in [4.78, 5) is 0. The first kappa shape index (κ1) is 15.3. The van der Waals surface area contributed by atoms with Crippen LogP contribution in [0.4, 0.5) is 0 Å². The summed E-state index contributed by atoms with van der Waals surface area (Å²) in [5, 5.41) is 20.8. The Balaban J connectivity index is 2.04. The molecule has 0 spiro atoms. The van der Waals surface area contributed by atoms with Gasteiger partial charge in [-0.15, -0.1) is 0 Å². The van der Waals surface area contributed by atoms with Gasteiger partial charge in [0, 0.05) is 0 Å². The Bertz CT molecular complexity index is 267. The molecule has 2 heteroatoms. The van der Waals surface area contributed by atoms with Crippen LogP contribution in [0.3, 0.4) is 0 Å². The fourth-order valence-electron chi connectivity index (χ4n) is 4.78. The van der Waals surface area contributed by atoms with Crippen molar-refractivity contribution in [3.05, 3.63) is 0 Å². The molecule has 8 atom stereocenters. The highest BCUT2D eigenvalue weighted by Gasteiger charge is 2.42. The third-order valence-corrected chi connectivity index (χ3v) is 6.23. The van der Waals surface area contributed by atoms with Crippen molar-refractivity contribution in [3.8, 4) is 0 Å². The van der Waals surface area contributed by atoms with Crippen molar-refractivity contribution in [1.29, 1.82) is 0 Å². The van der Waals surface area contributed by atoms with Crippen molar-refractivity contribution in [2.24, 2.45) is 35.5 Å². The molecule has 2 N–H and O–H groups in total. The van der Waals surface area contributed by atoms with E-state index in [4.69, 9.17) is 0 Å². The smallest absolute Gasteiger partial charge is 0.0576 e. The number of hydrogen-bond acceptors (Lipinski definition) is 2. The maximum atomic E-state index is 10.5. The number of aliphatic hydroxyl groups is 2. The Morgan fingerprint density at radius 2 is 1.53 bits per heavy atom. The van der Waals surface area contributed by atoms with E-state index in [1.54, 1.807) is 0 Å². The predicted molar refractivity (Wildman–Crippen MR) is 78.7 cm³/mol. The Hall–Kier alpha value is -0.0800. The highest BCUT2D eigenvalue weighted by molar-refractivity contribution is 4.92. The molecule has 2 rings (SSSR count). The second kappa shape index (κ2) is 6.13. The highest BCUT2D eigenvalue weighted by Crippen LogP contribution is 2.46. The fraction of sp³-hybridized carbons (Fsp3) is 1.00. The van der Waals surface area contributed by atoms with Gasteiger partial charge >= 0.3 is 0 Å². The van der Waals surface area contributed by atoms with Gasteiger partial charge < -0.3 is 10.2 Å². The largest absolute Gasteiger partial charge is 0.393 e. The molecular formula is C17H32O2. The zero-order valence-corrected chi connectivity index (χ0v) is 13.0. The summed E-state index contributed by atoms with van der Waals surface area (Å²) in [5.74, 6) is 3.22. The molecule has 0 aliphatic heterocycles. The van der Waals surface area contributed by atoms with Crippen molar-refractivity contribution in [3.63, 3.8) is 0 Å². The first-order valence-corrected chi connectivity index (χ1v) is 8.30. The maximum absolute atomic E-state index is 10.5. The van der Waals surface area contributed by atoms with E-state index >= 15 is 0 Å². The van der Waals surface area contributed by atoms with Gasteiger partial charge in [0.1, 0.15) is 0 Å². The number of hydrogen-bond donors (Lipinski definition) is 2. The van der Waals surface area contributed by atoms with Crippen LogP contribution < -0.4 is 0 Å². The summed E-state index contributed by atoms with van der Waals surface area (Å²) in [7, 11) is 0. The van der Waals surface area contributed by atoms with Gasteiger partial charge in [-0.2, -0.15) is 0 Å². The predicted octanol–water partition coefficient (Wildman–Crippen LogP) is 3.46. The number of aliphatic hydroxyl groups excluding tert-OH is 2. The number of rotatable bonds is 2. The summed E-state index contributed by atoms with van der Waals surface area (Å²) in [6.45, 7) is 8.97. The monoisotopic (exact) mass is 268 g/mol. The van der Waals surface area contributed by atoms with E-state index in [1.165, 1.54) is 19.3 Å². The lowest BCUT2D eigenvalue weighted by Gasteiger charge is -2.47. The van der Waals surface area contributed by atoms with Crippen molar-refractivity contribution in [2.75, 3.05) is 0 Å². The van der Waals surface area contributed by atoms with Gasteiger partial charge in [0.15, 0.2) is 0 Å². The van der Waals surface area contributed by atoms with Crippen LogP contribution in [0, 0.1) is 35.5 Å². The van der Waals surface area contributed by atoms with Gasteiger partial charge in [-0.05, 0) is 61.2 Å². The normalized spacial score (nSPS) is 52.1. The quantitative estimate of drug-likeness (QED) is 0.805. The molecule has 8 unspecified atom stereocenters. The molecule has 0 aromatic rings. The van der Waals surface area contributed by atoms with Crippen LogP contribution in [0.5, 0.6) is 0 Å². The van der Waals surface area contributed by atoms with E-state index in [9.17, 15) is 10.2 Å². The Morgan fingerprint density at radius 3 is 2.05 bits per heavy atom. The molecule has 2 aliphatic rings. The fourth-order valence-corrected chi connectivity index (χ4v) is 4.78. The van der Waals surface area contributed by atoms with E-state index in [1.807, 2.05) is 0 Å². The van der Waals surface area contributed by atoms with Crippen LogP contribution in [-0.2, 0) is 0 Å². The third kappa shape index (κ3) is 3.16. The lowest BCUT2D eigenvalue weighted by molar-refractivity contribution is -0.0648. The molecule has 0 aromatic carbocycles. The van der Waals surface area contributed by atoms with Gasteiger partial charge in [-0.1, -0.05) is 34.1 Å². The minimum Gasteiger partial charge on any atom is -0.393 e. The maximum Gasteiger partial charge on any atom is 0.0576 e. The van der Waals surface area contributed by atoms with E-state index in [2.05, 4.69) is 27.7 Å². The molecule has 0 heterocycles. The van der Waals surface area contributed by atoms with Gasteiger partial charge in [0.05, 0.1) is 12.2 Å². The summed E-state index contributed by atoms with van der Waals surface area (Å²) < 4.78 is 0. The summed E-state index contributed by atoms with van der Waals surface area (Å²) in [5.41, 5.74) is 0. The van der Waals surface area contributed by atoms with Gasteiger partial charge in [0.25, 0.3) is 0 Å². The second-order valence-electron chi connectivity index (χ2n) is 7.50. The highest BCUT2D eigenvalue weighted by atomic mass is 16.3. The summed E-state index contributed by atoms with van der Waals surface area (Å²) >= 11 is 0. The second-order valence-corrected chi connectivity index (χ2v) is 7.50. The minimum atomic E-state index is -0.169.